The minimum atomic E-state index is -0.0227. The molecule has 0 atom stereocenters. The maximum atomic E-state index is 14.2. The number of hydrogen-bond acceptors (Lipinski definition) is 2. The monoisotopic (exact) mass is 440 g/mol. The van der Waals surface area contributed by atoms with Gasteiger partial charge >= 0.3 is 0 Å². The highest BCUT2D eigenvalue weighted by Crippen LogP contribution is 2.47. The highest BCUT2D eigenvalue weighted by atomic mass is 16.2. The first-order valence-electron chi connectivity index (χ1n) is 11.6. The number of amides is 1. The molecule has 34 heavy (non-hydrogen) atoms. The van der Waals surface area contributed by atoms with Crippen molar-refractivity contribution in [1.82, 2.24) is 5.01 Å². The molecule has 0 saturated heterocycles. The number of fused-ring (bicyclic) bond motifs is 2. The minimum absolute atomic E-state index is 0.0227. The van der Waals surface area contributed by atoms with Gasteiger partial charge in [-0.05, 0) is 40.8 Å². The van der Waals surface area contributed by atoms with Crippen LogP contribution in [0.3, 0.4) is 0 Å². The van der Waals surface area contributed by atoms with E-state index in [1.54, 1.807) is 5.01 Å². The molecule has 1 heterocycles. The van der Waals surface area contributed by atoms with Crippen molar-refractivity contribution in [2.24, 2.45) is 0 Å². The van der Waals surface area contributed by atoms with Crippen LogP contribution in [0.4, 0.5) is 5.69 Å². The molecule has 0 bridgehead atoms. The summed E-state index contributed by atoms with van der Waals surface area (Å²) in [6.45, 7) is 2.05. The van der Waals surface area contributed by atoms with Crippen molar-refractivity contribution in [2.75, 3.05) is 5.43 Å². The first-order valence-corrected chi connectivity index (χ1v) is 11.6. The highest BCUT2D eigenvalue weighted by Gasteiger charge is 2.42. The molecule has 4 aromatic carbocycles. The van der Waals surface area contributed by atoms with Crippen LogP contribution in [0.15, 0.2) is 120 Å². The van der Waals surface area contributed by atoms with Crippen LogP contribution in [0.2, 0.25) is 0 Å². The first kappa shape index (κ1) is 20.3. The number of benzene rings is 4. The number of hydrogen-bond donors (Lipinski definition) is 1. The molecule has 0 unspecified atom stereocenters. The third-order valence-electron chi connectivity index (χ3n) is 6.62. The molecular weight excluding hydrogens is 416 g/mol. The normalized spacial score (nSPS) is 14.3. The van der Waals surface area contributed by atoms with Gasteiger partial charge in [0.15, 0.2) is 0 Å². The van der Waals surface area contributed by atoms with Crippen molar-refractivity contribution >= 4 is 22.9 Å². The summed E-state index contributed by atoms with van der Waals surface area (Å²) in [6, 6.07) is 36.9. The Hall–Kier alpha value is -4.37. The molecule has 3 heteroatoms. The van der Waals surface area contributed by atoms with Crippen LogP contribution in [0.5, 0.6) is 0 Å². The van der Waals surface area contributed by atoms with Gasteiger partial charge in [0.2, 0.25) is 0 Å². The molecule has 164 valence electrons. The Morgan fingerprint density at radius 2 is 1.32 bits per heavy atom. The molecule has 0 saturated carbocycles. The van der Waals surface area contributed by atoms with Crippen molar-refractivity contribution < 1.29 is 4.79 Å². The Kier molecular flexibility index (Phi) is 4.88. The fourth-order valence-electron chi connectivity index (χ4n) is 5.00. The summed E-state index contributed by atoms with van der Waals surface area (Å²) in [5, 5.41) is 1.75. The number of carbonyl (C=O) groups excluding carboxylic acids is 1. The minimum Gasteiger partial charge on any atom is -0.291 e. The molecule has 1 amide bonds. The molecular formula is C31H24N2O. The van der Waals surface area contributed by atoms with Crippen molar-refractivity contribution in [2.45, 2.75) is 13.3 Å². The van der Waals surface area contributed by atoms with E-state index in [1.807, 2.05) is 60.7 Å². The maximum absolute atomic E-state index is 14.2. The number of nitrogens with zero attached hydrogens (tertiary/aromatic N) is 1. The van der Waals surface area contributed by atoms with Gasteiger partial charge in [-0.2, -0.15) is 0 Å². The van der Waals surface area contributed by atoms with E-state index in [1.165, 1.54) is 5.56 Å². The molecule has 1 aliphatic carbocycles. The van der Waals surface area contributed by atoms with Crippen molar-refractivity contribution in [1.29, 1.82) is 0 Å². The second-order valence-electron chi connectivity index (χ2n) is 8.71. The number of para-hydroxylation sites is 1. The largest absolute Gasteiger partial charge is 0.291 e. The fraction of sp³-hybridized carbons (Fsp3) is 0.0645. The summed E-state index contributed by atoms with van der Waals surface area (Å²) < 4.78 is 0. The Balaban J connectivity index is 1.60. The van der Waals surface area contributed by atoms with Gasteiger partial charge in [-0.1, -0.05) is 103 Å². The van der Waals surface area contributed by atoms with E-state index in [4.69, 9.17) is 0 Å². The quantitative estimate of drug-likeness (QED) is 0.361. The van der Waals surface area contributed by atoms with Gasteiger partial charge in [0.1, 0.15) is 0 Å². The third-order valence-corrected chi connectivity index (χ3v) is 6.62. The summed E-state index contributed by atoms with van der Waals surface area (Å²) in [4.78, 5) is 14.2. The van der Waals surface area contributed by atoms with E-state index in [-0.39, 0.29) is 5.91 Å². The molecule has 0 spiro atoms. The predicted molar refractivity (Wildman–Crippen MR) is 138 cm³/mol. The van der Waals surface area contributed by atoms with E-state index in [2.05, 4.69) is 60.9 Å². The Morgan fingerprint density at radius 3 is 2.00 bits per heavy atom. The zero-order valence-corrected chi connectivity index (χ0v) is 19.0. The SMILES string of the molecule is Cc1ccccc1NN1C(=O)C(=C(c2ccccc2)c2ccccc2)C2=C1c1ccccc1C2. The zero-order chi connectivity index (χ0) is 23.1. The maximum Gasteiger partial charge on any atom is 0.277 e. The smallest absolute Gasteiger partial charge is 0.277 e. The van der Waals surface area contributed by atoms with Crippen LogP contribution in [0, 0.1) is 6.92 Å². The second-order valence-corrected chi connectivity index (χ2v) is 8.71. The van der Waals surface area contributed by atoms with Crippen LogP contribution in [0.25, 0.3) is 11.3 Å². The average Bonchev–Trinajstić information content (AvgIpc) is 3.37. The van der Waals surface area contributed by atoms with Crippen molar-refractivity contribution in [3.63, 3.8) is 0 Å². The standard InChI is InChI=1S/C31H24N2O/c1-21-12-8-11-19-27(21)32-33-30-25-18-10-9-17-24(25)20-26(30)29(31(33)34)28(22-13-4-2-5-14-22)23-15-6-3-7-16-23/h2-19,32H,20H2,1H3. The van der Waals surface area contributed by atoms with Crippen LogP contribution in [0.1, 0.15) is 27.8 Å². The van der Waals surface area contributed by atoms with Crippen LogP contribution in [-0.2, 0) is 11.2 Å². The van der Waals surface area contributed by atoms with Crippen LogP contribution < -0.4 is 5.43 Å². The van der Waals surface area contributed by atoms with Gasteiger partial charge in [-0.15, -0.1) is 0 Å². The topological polar surface area (TPSA) is 32.3 Å². The summed E-state index contributed by atoms with van der Waals surface area (Å²) in [5.41, 5.74) is 13.7. The Labute approximate surface area is 199 Å². The Bertz CT molecular complexity index is 1420. The lowest BCUT2D eigenvalue weighted by molar-refractivity contribution is -0.122. The van der Waals surface area contributed by atoms with Gasteiger partial charge in [-0.3, -0.25) is 10.2 Å². The molecule has 0 aromatic heterocycles. The number of hydrazine groups is 1. The van der Waals surface area contributed by atoms with E-state index in [0.717, 1.165) is 56.8 Å². The molecule has 1 aliphatic heterocycles. The van der Waals surface area contributed by atoms with Gasteiger partial charge in [0, 0.05) is 17.6 Å². The summed E-state index contributed by atoms with van der Waals surface area (Å²) in [7, 11) is 0. The number of nitrogens with one attached hydrogen (secondary N) is 1. The van der Waals surface area contributed by atoms with E-state index < -0.39 is 0 Å². The molecule has 6 rings (SSSR count). The summed E-state index contributed by atoms with van der Waals surface area (Å²) in [5.74, 6) is -0.0227. The lowest BCUT2D eigenvalue weighted by Gasteiger charge is -2.24. The Morgan fingerprint density at radius 1 is 0.735 bits per heavy atom. The number of anilines is 1. The molecule has 0 radical (unpaired) electrons. The molecule has 2 aliphatic rings. The molecule has 1 N–H and O–H groups in total. The van der Waals surface area contributed by atoms with Crippen molar-refractivity contribution in [3.8, 4) is 0 Å². The zero-order valence-electron chi connectivity index (χ0n) is 19.0. The first-order chi connectivity index (χ1) is 16.7. The van der Waals surface area contributed by atoms with E-state index >= 15 is 0 Å². The average molecular weight is 441 g/mol. The van der Waals surface area contributed by atoms with E-state index in [9.17, 15) is 4.79 Å². The fourth-order valence-corrected chi connectivity index (χ4v) is 5.00. The van der Waals surface area contributed by atoms with Crippen LogP contribution >= 0.6 is 0 Å². The van der Waals surface area contributed by atoms with E-state index in [0.29, 0.717) is 0 Å². The second kappa shape index (κ2) is 8.20. The summed E-state index contributed by atoms with van der Waals surface area (Å²) >= 11 is 0. The number of rotatable bonds is 4. The summed E-state index contributed by atoms with van der Waals surface area (Å²) in [6.07, 6.45) is 0.738. The van der Waals surface area contributed by atoms with Gasteiger partial charge in [0.25, 0.3) is 5.91 Å². The third kappa shape index (κ3) is 3.25. The number of aryl methyl sites for hydroxylation is 1. The van der Waals surface area contributed by atoms with Crippen LogP contribution in [-0.4, -0.2) is 10.9 Å². The molecule has 0 fully saturated rings. The number of carbonyl (C=O) groups is 1. The predicted octanol–water partition coefficient (Wildman–Crippen LogP) is 6.63. The van der Waals surface area contributed by atoms with Gasteiger partial charge < -0.3 is 0 Å². The van der Waals surface area contributed by atoms with Gasteiger partial charge in [-0.25, -0.2) is 5.01 Å². The molecule has 4 aromatic rings. The van der Waals surface area contributed by atoms with Crippen molar-refractivity contribution in [3.05, 3.63) is 148 Å². The lowest BCUT2D eigenvalue weighted by Crippen LogP contribution is -2.32. The highest BCUT2D eigenvalue weighted by molar-refractivity contribution is 6.18. The molecule has 3 nitrogen and oxygen atoms in total. The van der Waals surface area contributed by atoms with Gasteiger partial charge in [0.05, 0.1) is 17.0 Å². The lowest BCUT2D eigenvalue weighted by atomic mass is 9.89.